The van der Waals surface area contributed by atoms with E-state index in [0.717, 1.165) is 17.2 Å². The number of nitrogens with one attached hydrogen (secondary N) is 1. The molecule has 3 atom stereocenters. The zero-order valence-electron chi connectivity index (χ0n) is 27.9. The fourth-order valence-corrected chi connectivity index (χ4v) is 5.90. The molecule has 1 saturated heterocycles. The summed E-state index contributed by atoms with van der Waals surface area (Å²) < 4.78 is 69.8. The van der Waals surface area contributed by atoms with Crippen LogP contribution in [0.15, 0.2) is 36.7 Å². The van der Waals surface area contributed by atoms with Crippen molar-refractivity contribution in [2.24, 2.45) is 0 Å². The molecule has 0 spiro atoms. The Labute approximate surface area is 273 Å². The third-order valence-electron chi connectivity index (χ3n) is 8.43. The summed E-state index contributed by atoms with van der Waals surface area (Å²) in [6.07, 6.45) is -0.240. The van der Waals surface area contributed by atoms with E-state index in [1.807, 2.05) is 20.8 Å². The number of ether oxygens (including phenoxy) is 2. The second-order valence-corrected chi connectivity index (χ2v) is 14.3. The third-order valence-corrected chi connectivity index (χ3v) is 8.43. The van der Waals surface area contributed by atoms with E-state index in [1.54, 1.807) is 26.8 Å². The Morgan fingerprint density at radius 3 is 2.26 bits per heavy atom. The van der Waals surface area contributed by atoms with E-state index in [1.165, 1.54) is 30.3 Å². The summed E-state index contributed by atoms with van der Waals surface area (Å²) in [6.45, 7) is 10.6. The molecule has 0 bridgehead atoms. The molecule has 1 unspecified atom stereocenters. The Morgan fingerprint density at radius 2 is 1.70 bits per heavy atom. The highest BCUT2D eigenvalue weighted by atomic mass is 19.3. The van der Waals surface area contributed by atoms with Crippen molar-refractivity contribution in [2.45, 2.75) is 115 Å². The number of rotatable bonds is 7. The van der Waals surface area contributed by atoms with Crippen molar-refractivity contribution in [2.75, 3.05) is 18.6 Å². The average Bonchev–Trinajstić information content (AvgIpc) is 3.40. The topological polar surface area (TPSA) is 101 Å². The molecular formula is C34H44F4N4O5. The van der Waals surface area contributed by atoms with Gasteiger partial charge in [0.1, 0.15) is 29.3 Å². The molecule has 1 aliphatic carbocycles. The number of anilines is 1. The van der Waals surface area contributed by atoms with Crippen LogP contribution in [0.1, 0.15) is 90.8 Å². The number of hydrogen-bond donors (Lipinski definition) is 1. The van der Waals surface area contributed by atoms with Crippen molar-refractivity contribution in [1.82, 2.24) is 15.2 Å². The van der Waals surface area contributed by atoms with E-state index in [-0.39, 0.29) is 37.1 Å². The van der Waals surface area contributed by atoms with Gasteiger partial charge >= 0.3 is 6.09 Å². The van der Waals surface area contributed by atoms with Crippen LogP contribution in [-0.2, 0) is 24.5 Å². The number of amides is 3. The second-order valence-electron chi connectivity index (χ2n) is 14.3. The highest BCUT2D eigenvalue weighted by Crippen LogP contribution is 2.37. The van der Waals surface area contributed by atoms with Crippen molar-refractivity contribution in [3.8, 4) is 0 Å². The number of hydrogen-bond acceptors (Lipinski definition) is 6. The quantitative estimate of drug-likeness (QED) is 0.342. The molecule has 4 rings (SSSR count). The second kappa shape index (κ2) is 13.8. The first-order valence-corrected chi connectivity index (χ1v) is 15.7. The molecule has 2 aliphatic rings. The van der Waals surface area contributed by atoms with Gasteiger partial charge in [0, 0.05) is 44.2 Å². The minimum absolute atomic E-state index is 0.000216. The summed E-state index contributed by atoms with van der Waals surface area (Å²) in [5.74, 6) is -6.21. The molecule has 1 N–H and O–H groups in total. The number of benzene rings is 1. The molecule has 1 saturated carbocycles. The van der Waals surface area contributed by atoms with E-state index in [2.05, 4.69) is 10.3 Å². The van der Waals surface area contributed by atoms with Crippen LogP contribution in [0.2, 0.25) is 0 Å². The summed E-state index contributed by atoms with van der Waals surface area (Å²) in [7, 11) is 1.43. The van der Waals surface area contributed by atoms with Crippen LogP contribution in [0, 0.1) is 11.6 Å². The van der Waals surface area contributed by atoms with Gasteiger partial charge in [0.05, 0.1) is 24.5 Å². The number of carbonyl (C=O) groups is 3. The molecular weight excluding hydrogens is 620 g/mol. The lowest BCUT2D eigenvalue weighted by molar-refractivity contribution is -0.129. The minimum atomic E-state index is -2.86. The molecule has 1 aliphatic heterocycles. The van der Waals surface area contributed by atoms with Crippen molar-refractivity contribution in [3.05, 3.63) is 59.4 Å². The van der Waals surface area contributed by atoms with Crippen LogP contribution in [0.25, 0.3) is 0 Å². The summed E-state index contributed by atoms with van der Waals surface area (Å²) >= 11 is 0. The number of carbonyl (C=O) groups excluding carboxylic acids is 3. The molecule has 9 nitrogen and oxygen atoms in total. The number of likely N-dealkylation sites (tertiary alicyclic amines) is 1. The predicted molar refractivity (Wildman–Crippen MR) is 167 cm³/mol. The van der Waals surface area contributed by atoms with Gasteiger partial charge in [0.2, 0.25) is 11.8 Å². The summed E-state index contributed by atoms with van der Waals surface area (Å²) in [5, 5.41) is 2.74. The Morgan fingerprint density at radius 1 is 1.04 bits per heavy atom. The zero-order valence-corrected chi connectivity index (χ0v) is 27.9. The highest BCUT2D eigenvalue weighted by molar-refractivity contribution is 6.05. The van der Waals surface area contributed by atoms with E-state index in [9.17, 15) is 27.6 Å². The van der Waals surface area contributed by atoms with Gasteiger partial charge in [-0.15, -0.1) is 0 Å². The number of nitrogens with zero attached hydrogens (tertiary/aromatic N) is 3. The van der Waals surface area contributed by atoms with Crippen LogP contribution in [0.4, 0.5) is 28.0 Å². The summed E-state index contributed by atoms with van der Waals surface area (Å²) in [5.41, 5.74) is -1.14. The van der Waals surface area contributed by atoms with Crippen molar-refractivity contribution in [3.63, 3.8) is 0 Å². The molecule has 258 valence electrons. The standard InChI is InChI=1S/C34H44F4N4O5/c1-32(2,3)21-8-9-26(25(36)15-21)42(30(44)27-16-24(46-7)19-41(27)31(45)47-33(4,5)6)28(20-14-22(35)18-39-17-20)29(43)40-23-10-12-34(37,38)13-11-23/h8-9,14-15,17-18,23-24,27-28H,10-13,16,19H2,1-7H3,(H,40,43)/t24-,27-,28?/m1/s1. The van der Waals surface area contributed by atoms with E-state index < -0.39 is 83.6 Å². The lowest BCUT2D eigenvalue weighted by Crippen LogP contribution is -2.54. The van der Waals surface area contributed by atoms with Gasteiger partial charge in [-0.3, -0.25) is 24.4 Å². The fraction of sp³-hybridized carbons (Fsp3) is 0.588. The van der Waals surface area contributed by atoms with Gasteiger partial charge in [0.25, 0.3) is 5.91 Å². The highest BCUT2D eigenvalue weighted by Gasteiger charge is 2.47. The largest absolute Gasteiger partial charge is 0.444 e. The molecule has 0 radical (unpaired) electrons. The third kappa shape index (κ3) is 8.79. The van der Waals surface area contributed by atoms with Crippen LogP contribution < -0.4 is 10.2 Å². The van der Waals surface area contributed by atoms with Crippen LogP contribution >= 0.6 is 0 Å². The maximum absolute atomic E-state index is 16.2. The van der Waals surface area contributed by atoms with E-state index in [4.69, 9.17) is 9.47 Å². The number of methoxy groups -OCH3 is 1. The molecule has 2 aromatic rings. The van der Waals surface area contributed by atoms with Gasteiger partial charge in [-0.25, -0.2) is 22.4 Å². The van der Waals surface area contributed by atoms with Gasteiger partial charge < -0.3 is 14.8 Å². The maximum Gasteiger partial charge on any atom is 0.411 e. The van der Waals surface area contributed by atoms with Crippen molar-refractivity contribution in [1.29, 1.82) is 0 Å². The number of halogens is 4. The Kier molecular flexibility index (Phi) is 10.6. The summed E-state index contributed by atoms with van der Waals surface area (Å²) in [4.78, 5) is 48.3. The zero-order chi connectivity index (χ0) is 34.9. The average molecular weight is 665 g/mol. The maximum atomic E-state index is 16.2. The monoisotopic (exact) mass is 664 g/mol. The fourth-order valence-electron chi connectivity index (χ4n) is 5.90. The van der Waals surface area contributed by atoms with Crippen LogP contribution in [-0.4, -0.2) is 71.2 Å². The van der Waals surface area contributed by atoms with E-state index in [0.29, 0.717) is 5.56 Å². The normalized spacial score (nSPS) is 20.9. The number of aromatic nitrogens is 1. The predicted octanol–water partition coefficient (Wildman–Crippen LogP) is 6.45. The first-order valence-electron chi connectivity index (χ1n) is 15.7. The van der Waals surface area contributed by atoms with Gasteiger partial charge in [0.15, 0.2) is 0 Å². The van der Waals surface area contributed by atoms with Crippen molar-refractivity contribution < 1.29 is 41.4 Å². The van der Waals surface area contributed by atoms with Crippen LogP contribution in [0.5, 0.6) is 0 Å². The molecule has 1 aromatic carbocycles. The first kappa shape index (κ1) is 36.1. The Balaban J connectivity index is 1.86. The molecule has 1 aromatic heterocycles. The van der Waals surface area contributed by atoms with Gasteiger partial charge in [-0.1, -0.05) is 26.8 Å². The first-order chi connectivity index (χ1) is 21.8. The van der Waals surface area contributed by atoms with Gasteiger partial charge in [-0.05, 0) is 62.8 Å². The van der Waals surface area contributed by atoms with Crippen LogP contribution in [0.3, 0.4) is 0 Å². The minimum Gasteiger partial charge on any atom is -0.444 e. The molecule has 13 heteroatoms. The summed E-state index contributed by atoms with van der Waals surface area (Å²) in [6, 6.07) is 1.63. The SMILES string of the molecule is CO[C@@H]1C[C@H](C(=O)N(c2ccc(C(C)(C)C)cc2F)C(C(=O)NC2CCC(F)(F)CC2)c2cncc(F)c2)N(C(=O)OC(C)(C)C)C1. The molecule has 47 heavy (non-hydrogen) atoms. The molecule has 3 amide bonds. The smallest absolute Gasteiger partial charge is 0.411 e. The number of alkyl halides is 2. The Hall–Kier alpha value is -3.74. The number of pyridine rings is 1. The molecule has 2 fully saturated rings. The lowest BCUT2D eigenvalue weighted by Gasteiger charge is -2.37. The van der Waals surface area contributed by atoms with Gasteiger partial charge in [-0.2, -0.15) is 0 Å². The van der Waals surface area contributed by atoms with Crippen molar-refractivity contribution >= 4 is 23.6 Å². The molecule has 2 heterocycles. The lowest BCUT2D eigenvalue weighted by atomic mass is 9.86. The van der Waals surface area contributed by atoms with E-state index >= 15 is 4.39 Å². The Bertz CT molecular complexity index is 1470.